The molecule has 0 heterocycles. The summed E-state index contributed by atoms with van der Waals surface area (Å²) in [5.41, 5.74) is 0. The molecule has 654 valence electrons. The van der Waals surface area contributed by atoms with Crippen LogP contribution in [-0.2, 0) is 65.4 Å². The Morgan fingerprint density at radius 1 is 0.245 bits per heavy atom. The molecule has 0 fully saturated rings. The van der Waals surface area contributed by atoms with E-state index in [9.17, 15) is 43.2 Å². The van der Waals surface area contributed by atoms with E-state index in [1.165, 1.54) is 321 Å². The molecule has 0 aliphatic rings. The standard InChI is InChI=1S/C91H178O17P2/c1-6-9-12-15-18-21-23-25-27-29-31-33-35-37-39-43-47-51-56-61-66-71-76-91(96)108-87(81-102-89(94)75-70-65-60-55-50-46-42-38-36-34-32-30-28-26-24-22-19-16-13-10-7-2)83-106-110(99,100)104-79-85(92)78-103-109(97,98)105-82-86(80-101-88(93)74-69-64-59-53-20-17-14-11-8-3)107-90(95)77-72-67-62-57-52-48-44-40-41-45-49-54-58-63-68-73-84(4)5/h84-87,92H,6-83H2,1-5H3,(H,97,98)(H,99,100)/t85-,86+,87+/m0/s1. The molecule has 3 N–H and O–H groups in total. The number of phosphoric acid groups is 2. The Bertz CT molecular complexity index is 2080. The molecule has 19 heteroatoms. The van der Waals surface area contributed by atoms with E-state index in [0.717, 1.165) is 95.8 Å². The van der Waals surface area contributed by atoms with Gasteiger partial charge in [-0.1, -0.05) is 446 Å². The van der Waals surface area contributed by atoms with E-state index in [2.05, 4.69) is 34.6 Å². The van der Waals surface area contributed by atoms with Crippen LogP contribution in [0, 0.1) is 5.92 Å². The van der Waals surface area contributed by atoms with Gasteiger partial charge in [0.25, 0.3) is 0 Å². The second-order valence-electron chi connectivity index (χ2n) is 33.2. The van der Waals surface area contributed by atoms with Crippen LogP contribution in [0.4, 0.5) is 0 Å². The maximum Gasteiger partial charge on any atom is 0.472 e. The number of aliphatic hydroxyl groups is 1. The Labute approximate surface area is 677 Å². The number of phosphoric ester groups is 2. The fraction of sp³-hybridized carbons (Fsp3) is 0.956. The van der Waals surface area contributed by atoms with Crippen LogP contribution in [0.15, 0.2) is 0 Å². The number of ether oxygens (including phenoxy) is 4. The SMILES string of the molecule is CCCCCCCCCCCCCCCCCCCCCCCCC(=O)O[C@H](COC(=O)CCCCCCCCCCCCCCCCCCCCCCC)COP(=O)(O)OC[C@@H](O)COP(=O)(O)OC[C@@H](COC(=O)CCCCCCCCCCC)OC(=O)CCCCCCCCCCCCCCCCCC(C)C. The molecule has 2 unspecified atom stereocenters. The Kier molecular flexibility index (Phi) is 82.1. The Morgan fingerprint density at radius 2 is 0.418 bits per heavy atom. The van der Waals surface area contributed by atoms with Crippen molar-refractivity contribution in [2.45, 2.75) is 515 Å². The molecule has 0 radical (unpaired) electrons. The number of rotatable bonds is 91. The number of unbranched alkanes of at least 4 members (excludes halogenated alkanes) is 63. The van der Waals surface area contributed by atoms with Crippen LogP contribution in [0.5, 0.6) is 0 Å². The van der Waals surface area contributed by atoms with E-state index in [1.807, 2.05) is 0 Å². The third kappa shape index (κ3) is 84.0. The van der Waals surface area contributed by atoms with Crippen molar-refractivity contribution < 1.29 is 80.2 Å². The van der Waals surface area contributed by atoms with E-state index < -0.39 is 97.5 Å². The number of esters is 4. The molecule has 0 saturated carbocycles. The van der Waals surface area contributed by atoms with E-state index in [-0.39, 0.29) is 25.7 Å². The molecule has 17 nitrogen and oxygen atoms in total. The van der Waals surface area contributed by atoms with E-state index >= 15 is 0 Å². The number of aliphatic hydroxyl groups excluding tert-OH is 1. The van der Waals surface area contributed by atoms with Gasteiger partial charge in [-0.25, -0.2) is 9.13 Å². The van der Waals surface area contributed by atoms with Gasteiger partial charge in [-0.05, 0) is 31.6 Å². The minimum Gasteiger partial charge on any atom is -0.462 e. The molecule has 0 aromatic carbocycles. The zero-order valence-electron chi connectivity index (χ0n) is 72.4. The second kappa shape index (κ2) is 83.5. The summed E-state index contributed by atoms with van der Waals surface area (Å²) in [6.07, 6.45) is 79.4. The molecule has 0 spiro atoms. The molecule has 0 aromatic heterocycles. The fourth-order valence-corrected chi connectivity index (χ4v) is 15.9. The van der Waals surface area contributed by atoms with Crippen molar-refractivity contribution in [3.8, 4) is 0 Å². The molecular weight excluding hydrogens is 1430 g/mol. The summed E-state index contributed by atoms with van der Waals surface area (Å²) in [6.45, 7) is 7.40. The highest BCUT2D eigenvalue weighted by molar-refractivity contribution is 7.47. The second-order valence-corrected chi connectivity index (χ2v) is 36.1. The van der Waals surface area contributed by atoms with Gasteiger partial charge in [0.05, 0.1) is 26.4 Å². The fourth-order valence-electron chi connectivity index (χ4n) is 14.4. The first kappa shape index (κ1) is 108. The molecule has 5 atom stereocenters. The summed E-state index contributed by atoms with van der Waals surface area (Å²) in [5.74, 6) is -1.29. The third-order valence-electron chi connectivity index (χ3n) is 21.5. The average molecular weight is 1610 g/mol. The van der Waals surface area contributed by atoms with Crippen LogP contribution in [-0.4, -0.2) is 96.7 Å². The lowest BCUT2D eigenvalue weighted by molar-refractivity contribution is -0.161. The first-order valence-corrected chi connectivity index (χ1v) is 50.1. The van der Waals surface area contributed by atoms with Gasteiger partial charge in [-0.3, -0.25) is 37.3 Å². The van der Waals surface area contributed by atoms with Crippen LogP contribution in [0.3, 0.4) is 0 Å². The van der Waals surface area contributed by atoms with Crippen LogP contribution in [0.25, 0.3) is 0 Å². The zero-order valence-corrected chi connectivity index (χ0v) is 74.2. The zero-order chi connectivity index (χ0) is 80.4. The predicted octanol–water partition coefficient (Wildman–Crippen LogP) is 28.3. The quantitative estimate of drug-likeness (QED) is 0.0222. The van der Waals surface area contributed by atoms with Crippen molar-refractivity contribution in [3.05, 3.63) is 0 Å². The van der Waals surface area contributed by atoms with E-state index in [0.29, 0.717) is 25.7 Å². The van der Waals surface area contributed by atoms with Gasteiger partial charge in [-0.15, -0.1) is 0 Å². The highest BCUT2D eigenvalue weighted by Crippen LogP contribution is 2.45. The van der Waals surface area contributed by atoms with Crippen LogP contribution in [0.1, 0.15) is 497 Å². The Balaban J connectivity index is 5.19. The first-order valence-electron chi connectivity index (χ1n) is 47.1. The number of hydrogen-bond acceptors (Lipinski definition) is 15. The maximum atomic E-state index is 13.2. The first-order chi connectivity index (χ1) is 53.5. The molecule has 0 aliphatic carbocycles. The van der Waals surface area contributed by atoms with Crippen molar-refractivity contribution >= 4 is 39.5 Å². The van der Waals surface area contributed by atoms with Gasteiger partial charge in [0, 0.05) is 25.7 Å². The highest BCUT2D eigenvalue weighted by atomic mass is 31.2. The van der Waals surface area contributed by atoms with Gasteiger partial charge >= 0.3 is 39.5 Å². The summed E-state index contributed by atoms with van der Waals surface area (Å²) in [6, 6.07) is 0. The summed E-state index contributed by atoms with van der Waals surface area (Å²) < 4.78 is 69.0. The lowest BCUT2D eigenvalue weighted by Gasteiger charge is -2.21. The third-order valence-corrected chi connectivity index (χ3v) is 23.4. The number of carbonyl (C=O) groups excluding carboxylic acids is 4. The van der Waals surface area contributed by atoms with Crippen molar-refractivity contribution in [3.63, 3.8) is 0 Å². The van der Waals surface area contributed by atoms with E-state index in [4.69, 9.17) is 37.0 Å². The molecule has 0 aliphatic heterocycles. The van der Waals surface area contributed by atoms with Crippen molar-refractivity contribution in [2.75, 3.05) is 39.6 Å². The summed E-state index contributed by atoms with van der Waals surface area (Å²) in [7, 11) is -9.93. The highest BCUT2D eigenvalue weighted by Gasteiger charge is 2.31. The van der Waals surface area contributed by atoms with Gasteiger partial charge in [0.2, 0.25) is 0 Å². The van der Waals surface area contributed by atoms with Gasteiger partial charge < -0.3 is 33.8 Å². The van der Waals surface area contributed by atoms with Crippen molar-refractivity contribution in [2.24, 2.45) is 5.92 Å². The molecule has 0 amide bonds. The molecule has 0 saturated heterocycles. The molecular formula is C91H178O17P2. The number of carbonyl (C=O) groups is 4. The monoisotopic (exact) mass is 1610 g/mol. The van der Waals surface area contributed by atoms with Crippen LogP contribution in [0.2, 0.25) is 0 Å². The minimum absolute atomic E-state index is 0.108. The van der Waals surface area contributed by atoms with E-state index in [1.54, 1.807) is 0 Å². The van der Waals surface area contributed by atoms with Crippen molar-refractivity contribution in [1.29, 1.82) is 0 Å². The number of hydrogen-bond donors (Lipinski definition) is 3. The molecule has 0 rings (SSSR count). The molecule has 110 heavy (non-hydrogen) atoms. The summed E-state index contributed by atoms with van der Waals surface area (Å²) in [4.78, 5) is 73.3. The smallest absolute Gasteiger partial charge is 0.462 e. The molecule has 0 bridgehead atoms. The van der Waals surface area contributed by atoms with Gasteiger partial charge in [0.15, 0.2) is 12.2 Å². The lowest BCUT2D eigenvalue weighted by atomic mass is 10.0. The normalized spacial score (nSPS) is 13.7. The topological polar surface area (TPSA) is 237 Å². The minimum atomic E-state index is -4.97. The largest absolute Gasteiger partial charge is 0.472 e. The Morgan fingerprint density at radius 3 is 0.618 bits per heavy atom. The van der Waals surface area contributed by atoms with Gasteiger partial charge in [-0.2, -0.15) is 0 Å². The summed E-state index contributed by atoms with van der Waals surface area (Å²) in [5, 5.41) is 10.7. The van der Waals surface area contributed by atoms with Gasteiger partial charge in [0.1, 0.15) is 19.3 Å². The predicted molar refractivity (Wildman–Crippen MR) is 455 cm³/mol. The maximum absolute atomic E-state index is 13.2. The summed E-state index contributed by atoms with van der Waals surface area (Å²) >= 11 is 0. The van der Waals surface area contributed by atoms with Crippen LogP contribution >= 0.6 is 15.6 Å². The molecule has 0 aromatic rings. The van der Waals surface area contributed by atoms with Crippen molar-refractivity contribution in [1.82, 2.24) is 0 Å². The lowest BCUT2D eigenvalue weighted by Crippen LogP contribution is -2.30. The van der Waals surface area contributed by atoms with Crippen LogP contribution < -0.4 is 0 Å². The average Bonchev–Trinajstić information content (AvgIpc) is 0.897. The Hall–Kier alpha value is -1.94.